The van der Waals surface area contributed by atoms with Crippen molar-refractivity contribution in [3.8, 4) is 5.75 Å². The second-order valence-electron chi connectivity index (χ2n) is 6.22. The van der Waals surface area contributed by atoms with Crippen LogP contribution in [0.5, 0.6) is 5.75 Å². The van der Waals surface area contributed by atoms with Crippen LogP contribution < -0.4 is 10.1 Å². The Morgan fingerprint density at radius 3 is 2.50 bits per heavy atom. The van der Waals surface area contributed by atoms with Crippen LogP contribution in [0.15, 0.2) is 58.4 Å². The zero-order valence-electron chi connectivity index (χ0n) is 15.2. The zero-order chi connectivity index (χ0) is 18.5. The number of amides is 1. The molecule has 1 aliphatic rings. The number of carbonyl (C=O) groups excluding carboxylic acids is 1. The molecule has 5 heteroatoms. The average molecular weight is 366 g/mol. The van der Waals surface area contributed by atoms with Crippen LogP contribution in [0.4, 0.5) is 5.69 Å². The first-order valence-corrected chi connectivity index (χ1v) is 9.48. The van der Waals surface area contributed by atoms with E-state index in [1.54, 1.807) is 0 Å². The number of ether oxygens (including phenoxy) is 1. The van der Waals surface area contributed by atoms with Crippen LogP contribution in [0.25, 0.3) is 6.08 Å². The lowest BCUT2D eigenvalue weighted by Gasteiger charge is -2.12. The number of nitrogens with zero attached hydrogens (tertiary/aromatic N) is 1. The molecule has 0 radical (unpaired) electrons. The van der Waals surface area contributed by atoms with E-state index in [1.807, 2.05) is 68.5 Å². The van der Waals surface area contributed by atoms with Gasteiger partial charge in [-0.1, -0.05) is 36.8 Å². The Hall–Kier alpha value is -2.53. The summed E-state index contributed by atoms with van der Waals surface area (Å²) < 4.78 is 5.78. The summed E-state index contributed by atoms with van der Waals surface area (Å²) in [5.41, 5.74) is 2.96. The molecule has 1 atom stereocenters. The Labute approximate surface area is 158 Å². The number of rotatable bonds is 5. The molecule has 0 bridgehead atoms. The van der Waals surface area contributed by atoms with E-state index in [9.17, 15) is 4.79 Å². The van der Waals surface area contributed by atoms with Gasteiger partial charge < -0.3 is 10.1 Å². The SMILES string of the molecule is CC[C@@H](C)Oc1ccc(/C=C2/SC(=Nc3ccc(C)cc3)NC2=O)cc1. The van der Waals surface area contributed by atoms with Gasteiger partial charge in [-0.2, -0.15) is 0 Å². The van der Waals surface area contributed by atoms with Gasteiger partial charge in [-0.3, -0.25) is 4.79 Å². The van der Waals surface area contributed by atoms with Gasteiger partial charge in [0.25, 0.3) is 5.91 Å². The van der Waals surface area contributed by atoms with Crippen LogP contribution in [0.1, 0.15) is 31.4 Å². The molecule has 0 unspecified atom stereocenters. The molecule has 1 N–H and O–H groups in total. The fourth-order valence-electron chi connectivity index (χ4n) is 2.33. The molecule has 4 nitrogen and oxygen atoms in total. The molecule has 26 heavy (non-hydrogen) atoms. The van der Waals surface area contributed by atoms with Gasteiger partial charge in [0.15, 0.2) is 5.17 Å². The van der Waals surface area contributed by atoms with Gasteiger partial charge in [0.1, 0.15) is 5.75 Å². The highest BCUT2D eigenvalue weighted by atomic mass is 32.2. The molecule has 0 aromatic heterocycles. The van der Waals surface area contributed by atoms with Crippen molar-refractivity contribution in [1.82, 2.24) is 5.32 Å². The number of thioether (sulfide) groups is 1. The monoisotopic (exact) mass is 366 g/mol. The third-order valence-electron chi connectivity index (χ3n) is 4.01. The minimum atomic E-state index is -0.124. The molecule has 2 aromatic carbocycles. The fourth-order valence-corrected chi connectivity index (χ4v) is 3.17. The minimum absolute atomic E-state index is 0.124. The minimum Gasteiger partial charge on any atom is -0.491 e. The van der Waals surface area contributed by atoms with E-state index in [4.69, 9.17) is 4.74 Å². The predicted molar refractivity (Wildman–Crippen MR) is 109 cm³/mol. The van der Waals surface area contributed by atoms with Crippen molar-refractivity contribution in [2.45, 2.75) is 33.3 Å². The molecular formula is C21H22N2O2S. The maximum Gasteiger partial charge on any atom is 0.264 e. The highest BCUT2D eigenvalue weighted by molar-refractivity contribution is 8.18. The van der Waals surface area contributed by atoms with Gasteiger partial charge in [0, 0.05) is 0 Å². The zero-order valence-corrected chi connectivity index (χ0v) is 16.0. The predicted octanol–water partition coefficient (Wildman–Crippen LogP) is 5.06. The Morgan fingerprint density at radius 1 is 1.15 bits per heavy atom. The van der Waals surface area contributed by atoms with E-state index in [0.717, 1.165) is 23.4 Å². The first-order valence-electron chi connectivity index (χ1n) is 8.66. The summed E-state index contributed by atoms with van der Waals surface area (Å²) in [6.07, 6.45) is 3.02. The largest absolute Gasteiger partial charge is 0.491 e. The van der Waals surface area contributed by atoms with Crippen molar-refractivity contribution < 1.29 is 9.53 Å². The molecule has 0 spiro atoms. The van der Waals surface area contributed by atoms with E-state index in [0.29, 0.717) is 10.1 Å². The normalized spacial score (nSPS) is 18.2. The van der Waals surface area contributed by atoms with Crippen LogP contribution in [-0.2, 0) is 4.79 Å². The van der Waals surface area contributed by atoms with Gasteiger partial charge in [-0.05, 0) is 67.9 Å². The lowest BCUT2D eigenvalue weighted by molar-refractivity contribution is -0.115. The van der Waals surface area contributed by atoms with Crippen LogP contribution >= 0.6 is 11.8 Å². The number of nitrogens with one attached hydrogen (secondary N) is 1. The Bertz CT molecular complexity index is 839. The number of hydrogen-bond donors (Lipinski definition) is 1. The molecule has 0 saturated carbocycles. The van der Waals surface area contributed by atoms with Gasteiger partial charge in [0.05, 0.1) is 16.7 Å². The second kappa shape index (κ2) is 8.23. The quantitative estimate of drug-likeness (QED) is 0.752. The van der Waals surface area contributed by atoms with Crippen LogP contribution in [0.3, 0.4) is 0 Å². The summed E-state index contributed by atoms with van der Waals surface area (Å²) in [6.45, 7) is 6.17. The second-order valence-corrected chi connectivity index (χ2v) is 7.25. The smallest absolute Gasteiger partial charge is 0.264 e. The summed E-state index contributed by atoms with van der Waals surface area (Å²) in [4.78, 5) is 17.3. The van der Waals surface area contributed by atoms with Crippen molar-refractivity contribution >= 4 is 34.6 Å². The average Bonchev–Trinajstić information content (AvgIpc) is 2.97. The van der Waals surface area contributed by atoms with Crippen LogP contribution in [0.2, 0.25) is 0 Å². The molecule has 1 heterocycles. The van der Waals surface area contributed by atoms with Crippen molar-refractivity contribution in [3.05, 3.63) is 64.6 Å². The van der Waals surface area contributed by atoms with Gasteiger partial charge in [0.2, 0.25) is 0 Å². The van der Waals surface area contributed by atoms with E-state index < -0.39 is 0 Å². The molecule has 2 aromatic rings. The summed E-state index contributed by atoms with van der Waals surface area (Å²) >= 11 is 1.35. The summed E-state index contributed by atoms with van der Waals surface area (Å²) in [7, 11) is 0. The van der Waals surface area contributed by atoms with Gasteiger partial charge in [-0.15, -0.1) is 0 Å². The maximum absolute atomic E-state index is 12.2. The Morgan fingerprint density at radius 2 is 1.85 bits per heavy atom. The molecular weight excluding hydrogens is 344 g/mol. The third-order valence-corrected chi connectivity index (χ3v) is 4.92. The molecule has 1 amide bonds. The van der Waals surface area contributed by atoms with Crippen molar-refractivity contribution in [3.63, 3.8) is 0 Å². The lowest BCUT2D eigenvalue weighted by Crippen LogP contribution is -2.19. The first kappa shape index (κ1) is 18.3. The Kier molecular flexibility index (Phi) is 5.78. The molecule has 1 aliphatic heterocycles. The topological polar surface area (TPSA) is 50.7 Å². The lowest BCUT2D eigenvalue weighted by atomic mass is 10.2. The third kappa shape index (κ3) is 4.76. The van der Waals surface area contributed by atoms with Gasteiger partial charge in [-0.25, -0.2) is 4.99 Å². The van der Waals surface area contributed by atoms with Crippen molar-refractivity contribution in [1.29, 1.82) is 0 Å². The maximum atomic E-state index is 12.2. The first-order chi connectivity index (χ1) is 12.5. The number of aryl methyl sites for hydroxylation is 1. The number of benzene rings is 2. The van der Waals surface area contributed by atoms with E-state index in [-0.39, 0.29) is 12.0 Å². The number of aliphatic imine (C=N–C) groups is 1. The molecule has 0 aliphatic carbocycles. The van der Waals surface area contributed by atoms with Crippen LogP contribution in [0, 0.1) is 6.92 Å². The summed E-state index contributed by atoms with van der Waals surface area (Å²) in [6, 6.07) is 15.6. The fraction of sp³-hybridized carbons (Fsp3) is 0.238. The molecule has 1 fully saturated rings. The van der Waals surface area contributed by atoms with Crippen LogP contribution in [-0.4, -0.2) is 17.2 Å². The standard InChI is InChI=1S/C21H22N2O2S/c1-4-15(3)25-18-11-7-16(8-12-18)13-19-20(24)23-21(26-19)22-17-9-5-14(2)6-10-17/h5-13,15H,4H2,1-3H3,(H,22,23,24)/b19-13+/t15-/m1/s1. The van der Waals surface area contributed by atoms with Crippen molar-refractivity contribution in [2.75, 3.05) is 0 Å². The number of carbonyl (C=O) groups is 1. The van der Waals surface area contributed by atoms with Crippen molar-refractivity contribution in [2.24, 2.45) is 4.99 Å². The summed E-state index contributed by atoms with van der Waals surface area (Å²) in [5, 5.41) is 3.41. The number of amidine groups is 1. The summed E-state index contributed by atoms with van der Waals surface area (Å²) in [5.74, 6) is 0.715. The highest BCUT2D eigenvalue weighted by Gasteiger charge is 2.23. The highest BCUT2D eigenvalue weighted by Crippen LogP contribution is 2.28. The Balaban J connectivity index is 1.71. The van der Waals surface area contributed by atoms with Gasteiger partial charge >= 0.3 is 0 Å². The van der Waals surface area contributed by atoms with E-state index in [2.05, 4.69) is 17.2 Å². The molecule has 134 valence electrons. The van der Waals surface area contributed by atoms with E-state index in [1.165, 1.54) is 17.3 Å². The number of hydrogen-bond acceptors (Lipinski definition) is 4. The molecule has 3 rings (SSSR count). The molecule has 1 saturated heterocycles. The van der Waals surface area contributed by atoms with E-state index >= 15 is 0 Å².